The summed E-state index contributed by atoms with van der Waals surface area (Å²) in [6.45, 7) is 1.38. The maximum absolute atomic E-state index is 12.3. The Morgan fingerprint density at radius 1 is 1.40 bits per heavy atom. The summed E-state index contributed by atoms with van der Waals surface area (Å²) in [6, 6.07) is 10.1. The van der Waals surface area contributed by atoms with Crippen LogP contribution >= 0.6 is 11.3 Å². The number of benzene rings is 1. The van der Waals surface area contributed by atoms with Gasteiger partial charge >= 0.3 is 6.03 Å². The largest absolute Gasteiger partial charge is 0.334 e. The van der Waals surface area contributed by atoms with E-state index in [-0.39, 0.29) is 12.1 Å². The zero-order valence-corrected chi connectivity index (χ0v) is 12.0. The Hall–Kier alpha value is -1.88. The molecule has 1 saturated heterocycles. The lowest BCUT2D eigenvalue weighted by Gasteiger charge is -2.23. The van der Waals surface area contributed by atoms with E-state index in [0.717, 1.165) is 30.0 Å². The van der Waals surface area contributed by atoms with Gasteiger partial charge in [-0.05, 0) is 18.4 Å². The second-order valence-electron chi connectivity index (χ2n) is 4.87. The Kier molecular flexibility index (Phi) is 3.97. The molecule has 20 heavy (non-hydrogen) atoms. The minimum absolute atomic E-state index is 0.00607. The Morgan fingerprint density at radius 3 is 3.00 bits per heavy atom. The van der Waals surface area contributed by atoms with E-state index >= 15 is 0 Å². The Morgan fingerprint density at radius 2 is 2.25 bits per heavy atom. The molecular formula is C15H17N3OS. The number of aromatic nitrogens is 1. The van der Waals surface area contributed by atoms with Gasteiger partial charge in [-0.25, -0.2) is 9.78 Å². The third kappa shape index (κ3) is 2.82. The number of rotatable bonds is 3. The molecule has 1 aliphatic heterocycles. The predicted molar refractivity (Wildman–Crippen MR) is 79.5 cm³/mol. The van der Waals surface area contributed by atoms with Gasteiger partial charge in [-0.3, -0.25) is 0 Å². The molecule has 0 spiro atoms. The fourth-order valence-corrected chi connectivity index (χ4v) is 3.33. The van der Waals surface area contributed by atoms with Gasteiger partial charge in [0.25, 0.3) is 0 Å². The first kappa shape index (κ1) is 13.1. The molecule has 3 rings (SSSR count). The normalized spacial score (nSPS) is 18.2. The second kappa shape index (κ2) is 6.05. The zero-order valence-electron chi connectivity index (χ0n) is 11.2. The highest BCUT2D eigenvalue weighted by Gasteiger charge is 2.31. The number of nitrogens with zero attached hydrogens (tertiary/aromatic N) is 2. The topological polar surface area (TPSA) is 45.2 Å². The number of thiazole rings is 1. The van der Waals surface area contributed by atoms with E-state index in [9.17, 15) is 4.79 Å². The van der Waals surface area contributed by atoms with Crippen LogP contribution in [0.1, 0.15) is 29.5 Å². The maximum atomic E-state index is 12.3. The highest BCUT2D eigenvalue weighted by molar-refractivity contribution is 7.09. The fraction of sp³-hybridized carbons (Fsp3) is 0.333. The number of hydrogen-bond donors (Lipinski definition) is 1. The summed E-state index contributed by atoms with van der Waals surface area (Å²) in [4.78, 5) is 18.6. The molecule has 1 atom stereocenters. The maximum Gasteiger partial charge on any atom is 0.318 e. The number of likely N-dealkylation sites (tertiary alicyclic amines) is 1. The molecule has 2 amide bonds. The van der Waals surface area contributed by atoms with Crippen LogP contribution in [0, 0.1) is 0 Å². The van der Waals surface area contributed by atoms with Crippen molar-refractivity contribution in [3.05, 3.63) is 52.5 Å². The minimum atomic E-state index is 0.00607. The van der Waals surface area contributed by atoms with Gasteiger partial charge in [0.05, 0.1) is 6.04 Å². The van der Waals surface area contributed by atoms with Crippen LogP contribution in [0.2, 0.25) is 0 Å². The number of carbonyl (C=O) groups is 1. The third-order valence-corrected chi connectivity index (χ3v) is 4.41. The second-order valence-corrected chi connectivity index (χ2v) is 5.79. The number of nitrogens with one attached hydrogen (secondary N) is 1. The SMILES string of the molecule is O=C(NCc1ccccc1)N1CCCC1c1nccs1. The molecule has 1 aliphatic rings. The van der Waals surface area contributed by atoms with Crippen molar-refractivity contribution in [3.63, 3.8) is 0 Å². The molecule has 1 aromatic heterocycles. The van der Waals surface area contributed by atoms with Crippen molar-refractivity contribution in [2.75, 3.05) is 6.54 Å². The van der Waals surface area contributed by atoms with Crippen LogP contribution in [0.25, 0.3) is 0 Å². The van der Waals surface area contributed by atoms with E-state index < -0.39 is 0 Å². The molecule has 5 heteroatoms. The van der Waals surface area contributed by atoms with Crippen molar-refractivity contribution in [2.24, 2.45) is 0 Å². The summed E-state index contributed by atoms with van der Waals surface area (Å²) in [7, 11) is 0. The average Bonchev–Trinajstić information content (AvgIpc) is 3.15. The standard InChI is InChI=1S/C15H17N3OS/c19-15(17-11-12-5-2-1-3-6-12)18-9-4-7-13(18)14-16-8-10-20-14/h1-3,5-6,8,10,13H,4,7,9,11H2,(H,17,19). The van der Waals surface area contributed by atoms with Gasteiger partial charge in [-0.1, -0.05) is 30.3 Å². The van der Waals surface area contributed by atoms with Crippen molar-refractivity contribution in [3.8, 4) is 0 Å². The van der Waals surface area contributed by atoms with Crippen LogP contribution in [-0.4, -0.2) is 22.5 Å². The van der Waals surface area contributed by atoms with Gasteiger partial charge in [-0.15, -0.1) is 11.3 Å². The molecule has 1 fully saturated rings. The lowest BCUT2D eigenvalue weighted by atomic mass is 10.2. The van der Waals surface area contributed by atoms with E-state index in [0.29, 0.717) is 6.54 Å². The molecule has 2 heterocycles. The predicted octanol–water partition coefficient (Wildman–Crippen LogP) is 3.19. The molecule has 2 aromatic rings. The zero-order chi connectivity index (χ0) is 13.8. The molecule has 1 N–H and O–H groups in total. The van der Waals surface area contributed by atoms with Crippen molar-refractivity contribution in [1.82, 2.24) is 15.2 Å². The molecule has 1 unspecified atom stereocenters. The molecular weight excluding hydrogens is 270 g/mol. The highest BCUT2D eigenvalue weighted by Crippen LogP contribution is 2.32. The monoisotopic (exact) mass is 287 g/mol. The van der Waals surface area contributed by atoms with Crippen molar-refractivity contribution < 1.29 is 4.79 Å². The van der Waals surface area contributed by atoms with Gasteiger partial charge in [0.15, 0.2) is 0 Å². The van der Waals surface area contributed by atoms with Crippen LogP contribution in [0.15, 0.2) is 41.9 Å². The molecule has 0 aliphatic carbocycles. The van der Waals surface area contributed by atoms with E-state index in [2.05, 4.69) is 10.3 Å². The summed E-state index contributed by atoms with van der Waals surface area (Å²) in [5, 5.41) is 6.00. The number of hydrogen-bond acceptors (Lipinski definition) is 3. The van der Waals surface area contributed by atoms with Gasteiger partial charge in [-0.2, -0.15) is 0 Å². The number of urea groups is 1. The van der Waals surface area contributed by atoms with Gasteiger partial charge in [0, 0.05) is 24.7 Å². The Labute approximate surface area is 122 Å². The summed E-state index contributed by atoms with van der Waals surface area (Å²) in [5.74, 6) is 0. The first-order valence-electron chi connectivity index (χ1n) is 6.82. The quantitative estimate of drug-likeness (QED) is 0.942. The van der Waals surface area contributed by atoms with Crippen LogP contribution in [0.3, 0.4) is 0 Å². The van der Waals surface area contributed by atoms with Crippen LogP contribution in [-0.2, 0) is 6.54 Å². The first-order chi connectivity index (χ1) is 9.84. The number of amides is 2. The van der Waals surface area contributed by atoms with E-state index in [1.165, 1.54) is 0 Å². The van der Waals surface area contributed by atoms with Crippen molar-refractivity contribution in [2.45, 2.75) is 25.4 Å². The molecule has 0 saturated carbocycles. The van der Waals surface area contributed by atoms with Gasteiger partial charge in [0.1, 0.15) is 5.01 Å². The first-order valence-corrected chi connectivity index (χ1v) is 7.70. The van der Waals surface area contributed by atoms with Gasteiger partial charge in [0.2, 0.25) is 0 Å². The van der Waals surface area contributed by atoms with E-state index in [1.54, 1.807) is 17.5 Å². The van der Waals surface area contributed by atoms with Gasteiger partial charge < -0.3 is 10.2 Å². The van der Waals surface area contributed by atoms with Crippen LogP contribution < -0.4 is 5.32 Å². The molecule has 0 radical (unpaired) electrons. The summed E-state index contributed by atoms with van der Waals surface area (Å²) in [6.07, 6.45) is 3.85. The highest BCUT2D eigenvalue weighted by atomic mass is 32.1. The third-order valence-electron chi connectivity index (χ3n) is 3.54. The van der Waals surface area contributed by atoms with E-state index in [4.69, 9.17) is 0 Å². The lowest BCUT2D eigenvalue weighted by Crippen LogP contribution is -2.39. The Bertz CT molecular complexity index is 556. The van der Waals surface area contributed by atoms with Crippen molar-refractivity contribution >= 4 is 17.4 Å². The fourth-order valence-electron chi connectivity index (χ4n) is 2.54. The molecule has 1 aromatic carbocycles. The Balaban J connectivity index is 1.62. The summed E-state index contributed by atoms with van der Waals surface area (Å²) in [5.41, 5.74) is 1.12. The molecule has 104 valence electrons. The summed E-state index contributed by atoms with van der Waals surface area (Å²) >= 11 is 1.62. The summed E-state index contributed by atoms with van der Waals surface area (Å²) < 4.78 is 0. The van der Waals surface area contributed by atoms with Crippen LogP contribution in [0.4, 0.5) is 4.79 Å². The minimum Gasteiger partial charge on any atom is -0.334 e. The molecule has 0 bridgehead atoms. The lowest BCUT2D eigenvalue weighted by molar-refractivity contribution is 0.192. The van der Waals surface area contributed by atoms with Crippen LogP contribution in [0.5, 0.6) is 0 Å². The van der Waals surface area contributed by atoms with Crippen molar-refractivity contribution in [1.29, 1.82) is 0 Å². The number of carbonyl (C=O) groups excluding carboxylic acids is 1. The average molecular weight is 287 g/mol. The molecule has 4 nitrogen and oxygen atoms in total. The van der Waals surface area contributed by atoms with E-state index in [1.807, 2.05) is 40.6 Å². The smallest absolute Gasteiger partial charge is 0.318 e.